The second kappa shape index (κ2) is 16.8. The van der Waals surface area contributed by atoms with Gasteiger partial charge in [0.1, 0.15) is 0 Å². The molecule has 0 aliphatic heterocycles. The average Bonchev–Trinajstić information content (AvgIpc) is 3.03. The van der Waals surface area contributed by atoms with Gasteiger partial charge in [0.15, 0.2) is 0 Å². The van der Waals surface area contributed by atoms with Crippen molar-refractivity contribution in [3.63, 3.8) is 0 Å². The van der Waals surface area contributed by atoms with Gasteiger partial charge in [-0.3, -0.25) is 19.8 Å². The maximum Gasteiger partial charge on any atom is 0.265 e. The molecule has 12 heteroatoms. The highest BCUT2D eigenvalue weighted by atomic mass is 32.2. The van der Waals surface area contributed by atoms with Crippen LogP contribution in [0, 0.1) is 0 Å². The van der Waals surface area contributed by atoms with Gasteiger partial charge in [-0.25, -0.2) is 18.6 Å². The number of aliphatic hydroxyl groups is 1. The molecule has 0 aliphatic carbocycles. The molecule has 3 rings (SSSR count). The van der Waals surface area contributed by atoms with Gasteiger partial charge in [0.25, 0.3) is 17.7 Å². The molecule has 0 radical (unpaired) electrons. The maximum atomic E-state index is 13.7. The van der Waals surface area contributed by atoms with Crippen LogP contribution in [0.5, 0.6) is 0 Å². The SMILES string of the molecule is CCCN(CCC)C(=O)c1cc(C(=O)NC(Cc2ccccc2)C(O)CN(CC)NC(=O)c2ccccc2)cc(S(N)(=O)=O)c1. The van der Waals surface area contributed by atoms with Crippen molar-refractivity contribution < 1.29 is 27.9 Å². The summed E-state index contributed by atoms with van der Waals surface area (Å²) in [4.78, 5) is 41.0. The van der Waals surface area contributed by atoms with Crippen LogP contribution in [0.2, 0.25) is 0 Å². The normalized spacial score (nSPS) is 12.8. The lowest BCUT2D eigenvalue weighted by atomic mass is 10.00. The van der Waals surface area contributed by atoms with Crippen LogP contribution in [0.3, 0.4) is 0 Å². The third-order valence-electron chi connectivity index (χ3n) is 7.18. The number of nitrogens with one attached hydrogen (secondary N) is 2. The van der Waals surface area contributed by atoms with Crippen molar-refractivity contribution in [3.8, 4) is 0 Å². The minimum atomic E-state index is -4.26. The van der Waals surface area contributed by atoms with Gasteiger partial charge in [-0.15, -0.1) is 0 Å². The number of benzene rings is 3. The molecule has 2 atom stereocenters. The lowest BCUT2D eigenvalue weighted by Crippen LogP contribution is -2.53. The average molecular weight is 638 g/mol. The van der Waals surface area contributed by atoms with Crippen molar-refractivity contribution in [2.45, 2.75) is 57.1 Å². The van der Waals surface area contributed by atoms with Gasteiger partial charge in [0, 0.05) is 42.9 Å². The van der Waals surface area contributed by atoms with E-state index in [1.54, 1.807) is 40.2 Å². The van der Waals surface area contributed by atoms with Crippen molar-refractivity contribution >= 4 is 27.7 Å². The van der Waals surface area contributed by atoms with E-state index in [1.165, 1.54) is 12.1 Å². The number of carbonyl (C=O) groups excluding carboxylic acids is 3. The van der Waals surface area contributed by atoms with Crippen molar-refractivity contribution in [1.82, 2.24) is 20.7 Å². The number of carbonyl (C=O) groups is 3. The number of aliphatic hydroxyl groups excluding tert-OH is 1. The van der Waals surface area contributed by atoms with E-state index >= 15 is 0 Å². The monoisotopic (exact) mass is 637 g/mol. The molecule has 5 N–H and O–H groups in total. The molecule has 0 fully saturated rings. The van der Waals surface area contributed by atoms with E-state index in [4.69, 9.17) is 5.14 Å². The predicted octanol–water partition coefficient (Wildman–Crippen LogP) is 2.97. The molecule has 11 nitrogen and oxygen atoms in total. The number of nitrogens with zero attached hydrogens (tertiary/aromatic N) is 2. The Morgan fingerprint density at radius 3 is 1.96 bits per heavy atom. The number of rotatable bonds is 16. The first-order valence-corrected chi connectivity index (χ1v) is 16.6. The second-order valence-corrected chi connectivity index (χ2v) is 12.3. The number of hydrogen-bond acceptors (Lipinski definition) is 7. The summed E-state index contributed by atoms with van der Waals surface area (Å²) < 4.78 is 24.7. The number of hydrogen-bond donors (Lipinski definition) is 4. The van der Waals surface area contributed by atoms with Gasteiger partial charge in [-0.1, -0.05) is 69.3 Å². The Balaban J connectivity index is 1.91. The zero-order chi connectivity index (χ0) is 33.0. The van der Waals surface area contributed by atoms with E-state index in [-0.39, 0.29) is 34.9 Å². The first-order valence-electron chi connectivity index (χ1n) is 15.1. The van der Waals surface area contributed by atoms with Gasteiger partial charge in [0.2, 0.25) is 10.0 Å². The summed E-state index contributed by atoms with van der Waals surface area (Å²) in [5.74, 6) is -1.44. The largest absolute Gasteiger partial charge is 0.390 e. The summed E-state index contributed by atoms with van der Waals surface area (Å²) in [6.45, 7) is 6.97. The van der Waals surface area contributed by atoms with Crippen LogP contribution < -0.4 is 15.9 Å². The third kappa shape index (κ3) is 10.5. The van der Waals surface area contributed by atoms with Crippen LogP contribution in [0.25, 0.3) is 0 Å². The van der Waals surface area contributed by atoms with E-state index < -0.39 is 34.0 Å². The Morgan fingerprint density at radius 2 is 1.40 bits per heavy atom. The fraction of sp³-hybridized carbons (Fsp3) is 0.364. The van der Waals surface area contributed by atoms with Crippen molar-refractivity contribution in [3.05, 3.63) is 101 Å². The molecule has 2 unspecified atom stereocenters. The minimum absolute atomic E-state index is 0.0171. The van der Waals surface area contributed by atoms with E-state index in [1.807, 2.05) is 51.1 Å². The standard InChI is InChI=1S/C33H43N5O6S/c1-4-17-37(18-5-2)33(42)27-20-26(21-28(22-27)45(34,43)44)31(40)35-29(19-24-13-9-7-10-14-24)30(39)23-38(6-3)36-32(41)25-15-11-8-12-16-25/h7-16,20-22,29-30,39H,4-6,17-19,23H2,1-3H3,(H,35,40)(H,36,41)(H2,34,43,44). The molecule has 0 saturated heterocycles. The molecular weight excluding hydrogens is 594 g/mol. The molecule has 0 spiro atoms. The summed E-state index contributed by atoms with van der Waals surface area (Å²) in [7, 11) is -4.26. The smallest absolute Gasteiger partial charge is 0.265 e. The van der Waals surface area contributed by atoms with Crippen molar-refractivity contribution in [2.75, 3.05) is 26.2 Å². The number of nitrogens with two attached hydrogens (primary N) is 1. The molecule has 0 aromatic heterocycles. The highest BCUT2D eigenvalue weighted by molar-refractivity contribution is 7.89. The number of primary sulfonamides is 1. The van der Waals surface area contributed by atoms with Gasteiger partial charge >= 0.3 is 0 Å². The van der Waals surface area contributed by atoms with Gasteiger partial charge in [-0.2, -0.15) is 0 Å². The lowest BCUT2D eigenvalue weighted by molar-refractivity contribution is 0.0471. The molecule has 0 heterocycles. The first-order chi connectivity index (χ1) is 21.5. The summed E-state index contributed by atoms with van der Waals surface area (Å²) in [6.07, 6.45) is 0.484. The Bertz CT molecular complexity index is 1530. The number of amides is 3. The summed E-state index contributed by atoms with van der Waals surface area (Å²) in [6, 6.07) is 20.7. The Morgan fingerprint density at radius 1 is 0.822 bits per heavy atom. The Kier molecular flexibility index (Phi) is 13.2. The molecule has 242 valence electrons. The van der Waals surface area contributed by atoms with Gasteiger partial charge in [-0.05, 0) is 55.2 Å². The molecule has 0 bridgehead atoms. The van der Waals surface area contributed by atoms with Gasteiger partial charge < -0.3 is 15.3 Å². The highest BCUT2D eigenvalue weighted by Crippen LogP contribution is 2.18. The van der Waals surface area contributed by atoms with E-state index in [9.17, 15) is 27.9 Å². The minimum Gasteiger partial charge on any atom is -0.390 e. The van der Waals surface area contributed by atoms with Crippen LogP contribution in [-0.2, 0) is 16.4 Å². The molecule has 45 heavy (non-hydrogen) atoms. The number of sulfonamides is 1. The highest BCUT2D eigenvalue weighted by Gasteiger charge is 2.27. The zero-order valence-electron chi connectivity index (χ0n) is 26.0. The number of hydrazine groups is 1. The zero-order valence-corrected chi connectivity index (χ0v) is 26.8. The maximum absolute atomic E-state index is 13.7. The predicted molar refractivity (Wildman–Crippen MR) is 173 cm³/mol. The van der Waals surface area contributed by atoms with E-state index in [0.29, 0.717) is 38.0 Å². The van der Waals surface area contributed by atoms with Crippen LogP contribution in [-0.4, -0.2) is 79.5 Å². The Labute approximate surface area is 265 Å². The summed E-state index contributed by atoms with van der Waals surface area (Å²) in [5, 5.41) is 21.2. The topological polar surface area (TPSA) is 162 Å². The van der Waals surface area contributed by atoms with E-state index in [0.717, 1.165) is 11.6 Å². The summed E-state index contributed by atoms with van der Waals surface area (Å²) in [5.41, 5.74) is 4.01. The molecule has 3 aromatic rings. The second-order valence-electron chi connectivity index (χ2n) is 10.8. The quantitative estimate of drug-likeness (QED) is 0.176. The van der Waals surface area contributed by atoms with Crippen molar-refractivity contribution in [2.24, 2.45) is 5.14 Å². The third-order valence-corrected chi connectivity index (χ3v) is 8.08. The van der Waals surface area contributed by atoms with Crippen LogP contribution in [0.1, 0.15) is 70.3 Å². The van der Waals surface area contributed by atoms with Crippen LogP contribution in [0.4, 0.5) is 0 Å². The molecular formula is C33H43N5O6S. The molecule has 0 saturated carbocycles. The molecule has 3 aromatic carbocycles. The van der Waals surface area contributed by atoms with E-state index in [2.05, 4.69) is 10.7 Å². The van der Waals surface area contributed by atoms with Crippen molar-refractivity contribution in [1.29, 1.82) is 0 Å². The Hall–Kier alpha value is -4.10. The first kappa shape index (κ1) is 35.4. The fourth-order valence-electron chi connectivity index (χ4n) is 4.86. The lowest BCUT2D eigenvalue weighted by Gasteiger charge is -2.30. The van der Waals surface area contributed by atoms with Crippen LogP contribution >= 0.6 is 0 Å². The van der Waals surface area contributed by atoms with Gasteiger partial charge in [0.05, 0.1) is 17.0 Å². The number of likely N-dealkylation sites (N-methyl/N-ethyl adjacent to an activating group) is 1. The fourth-order valence-corrected chi connectivity index (χ4v) is 5.45. The summed E-state index contributed by atoms with van der Waals surface area (Å²) >= 11 is 0. The van der Waals surface area contributed by atoms with Crippen LogP contribution in [0.15, 0.2) is 83.8 Å². The molecule has 3 amide bonds. The molecule has 0 aliphatic rings.